The minimum absolute atomic E-state index is 0.0286. The molecule has 12 heteroatoms. The van der Waals surface area contributed by atoms with Crippen molar-refractivity contribution in [2.45, 2.75) is 9.79 Å². The molecule has 0 atom stereocenters. The lowest BCUT2D eigenvalue weighted by Gasteiger charge is -2.09. The number of sulfonamides is 2. The Morgan fingerprint density at radius 2 is 1.57 bits per heavy atom. The number of halogens is 1. The molecular formula is C23H19BrN2O7S2. The Labute approximate surface area is 210 Å². The van der Waals surface area contributed by atoms with Gasteiger partial charge in [0.05, 0.1) is 15.5 Å². The Morgan fingerprint density at radius 1 is 0.914 bits per heavy atom. The van der Waals surface area contributed by atoms with E-state index in [1.54, 1.807) is 24.3 Å². The number of ketones is 1. The lowest BCUT2D eigenvalue weighted by atomic mass is 10.1. The summed E-state index contributed by atoms with van der Waals surface area (Å²) in [7, 11) is -8.00. The van der Waals surface area contributed by atoms with E-state index in [9.17, 15) is 26.4 Å². The molecule has 0 aliphatic carbocycles. The number of anilines is 1. The second-order valence-electron chi connectivity index (χ2n) is 7.12. The minimum Gasteiger partial charge on any atom is -0.454 e. The average Bonchev–Trinajstić information content (AvgIpc) is 2.81. The van der Waals surface area contributed by atoms with Crippen LogP contribution in [0.5, 0.6) is 0 Å². The average molecular weight is 579 g/mol. The molecule has 0 heterocycles. The molecule has 3 rings (SSSR count). The first kappa shape index (κ1) is 26.3. The predicted molar refractivity (Wildman–Crippen MR) is 134 cm³/mol. The van der Waals surface area contributed by atoms with Crippen molar-refractivity contribution in [3.05, 3.63) is 94.5 Å². The van der Waals surface area contributed by atoms with Crippen molar-refractivity contribution in [3.63, 3.8) is 0 Å². The van der Waals surface area contributed by atoms with Crippen molar-refractivity contribution in [2.75, 3.05) is 11.3 Å². The number of hydrogen-bond acceptors (Lipinski definition) is 7. The lowest BCUT2D eigenvalue weighted by molar-refractivity contribution is -0.136. The summed E-state index contributed by atoms with van der Waals surface area (Å²) >= 11 is 3.27. The topological polar surface area (TPSA) is 150 Å². The van der Waals surface area contributed by atoms with Crippen molar-refractivity contribution < 1.29 is 31.2 Å². The number of benzene rings is 3. The SMILES string of the molecule is NS(=O)(=O)c1cccc(NS(=O)(=O)c2ccc(/C=C/C(=O)OCC(=O)c3ccc(Br)cc3)cc2)c1. The molecule has 0 radical (unpaired) electrons. The van der Waals surface area contributed by atoms with Crippen LogP contribution in [0, 0.1) is 0 Å². The van der Waals surface area contributed by atoms with Gasteiger partial charge in [-0.1, -0.05) is 46.3 Å². The second-order valence-corrected chi connectivity index (χ2v) is 11.3. The highest BCUT2D eigenvalue weighted by atomic mass is 79.9. The number of primary sulfonamides is 1. The number of rotatable bonds is 9. The number of nitrogens with one attached hydrogen (secondary N) is 1. The quantitative estimate of drug-likeness (QED) is 0.224. The summed E-state index contributed by atoms with van der Waals surface area (Å²) in [6.45, 7) is -0.416. The normalized spacial score (nSPS) is 11.8. The molecule has 0 aliphatic rings. The maximum atomic E-state index is 12.6. The Bertz CT molecular complexity index is 1480. The Hall–Kier alpha value is -3.32. The van der Waals surface area contributed by atoms with Gasteiger partial charge in [-0.25, -0.2) is 26.8 Å². The first-order valence-corrected chi connectivity index (χ1v) is 13.7. The van der Waals surface area contributed by atoms with E-state index in [0.29, 0.717) is 11.1 Å². The second kappa shape index (κ2) is 11.0. The van der Waals surface area contributed by atoms with Gasteiger partial charge in [-0.15, -0.1) is 0 Å². The molecule has 0 saturated carbocycles. The molecule has 0 saturated heterocycles. The Morgan fingerprint density at radius 3 is 2.20 bits per heavy atom. The summed E-state index contributed by atoms with van der Waals surface area (Å²) in [6, 6.07) is 17.3. The fourth-order valence-electron chi connectivity index (χ4n) is 2.78. The van der Waals surface area contributed by atoms with E-state index in [4.69, 9.17) is 9.88 Å². The third-order valence-electron chi connectivity index (χ3n) is 4.53. The molecule has 0 bridgehead atoms. The number of ether oxygens (including phenoxy) is 1. The van der Waals surface area contributed by atoms with Crippen LogP contribution in [-0.2, 0) is 29.6 Å². The van der Waals surface area contributed by atoms with Crippen molar-refractivity contribution >= 4 is 59.5 Å². The molecule has 35 heavy (non-hydrogen) atoms. The highest BCUT2D eigenvalue weighted by Gasteiger charge is 2.16. The molecule has 3 N–H and O–H groups in total. The van der Waals surface area contributed by atoms with Crippen LogP contribution >= 0.6 is 15.9 Å². The van der Waals surface area contributed by atoms with Crippen LogP contribution < -0.4 is 9.86 Å². The van der Waals surface area contributed by atoms with Crippen molar-refractivity contribution in [1.29, 1.82) is 0 Å². The van der Waals surface area contributed by atoms with E-state index in [1.807, 2.05) is 0 Å². The fraction of sp³-hybridized carbons (Fsp3) is 0.0435. The van der Waals surface area contributed by atoms with E-state index < -0.39 is 32.6 Å². The molecule has 9 nitrogen and oxygen atoms in total. The summed E-state index contributed by atoms with van der Waals surface area (Å²) in [5.74, 6) is -1.08. The van der Waals surface area contributed by atoms with Gasteiger partial charge in [-0.05, 0) is 54.1 Å². The summed E-state index contributed by atoms with van der Waals surface area (Å²) in [5, 5.41) is 5.07. The van der Waals surface area contributed by atoms with Gasteiger partial charge < -0.3 is 4.74 Å². The third kappa shape index (κ3) is 7.59. The highest BCUT2D eigenvalue weighted by molar-refractivity contribution is 9.10. The molecule has 0 fully saturated rings. The largest absolute Gasteiger partial charge is 0.454 e. The first-order valence-electron chi connectivity index (χ1n) is 9.83. The van der Waals surface area contributed by atoms with Crippen LogP contribution in [0.3, 0.4) is 0 Å². The van der Waals surface area contributed by atoms with Crippen molar-refractivity contribution in [2.24, 2.45) is 5.14 Å². The zero-order chi connectivity index (χ0) is 25.6. The van der Waals surface area contributed by atoms with Gasteiger partial charge in [-0.3, -0.25) is 9.52 Å². The van der Waals surface area contributed by atoms with E-state index >= 15 is 0 Å². The molecule has 0 amide bonds. The number of hydrogen-bond donors (Lipinski definition) is 2. The van der Waals surface area contributed by atoms with Gasteiger partial charge in [0.1, 0.15) is 0 Å². The van der Waals surface area contributed by atoms with E-state index in [-0.39, 0.29) is 21.3 Å². The highest BCUT2D eigenvalue weighted by Crippen LogP contribution is 2.20. The van der Waals surface area contributed by atoms with Gasteiger partial charge in [0.2, 0.25) is 10.0 Å². The van der Waals surface area contributed by atoms with Crippen LogP contribution in [-0.4, -0.2) is 35.2 Å². The van der Waals surface area contributed by atoms with Crippen molar-refractivity contribution in [3.8, 4) is 0 Å². The smallest absolute Gasteiger partial charge is 0.331 e. The van der Waals surface area contributed by atoms with Crippen LogP contribution in [0.4, 0.5) is 5.69 Å². The first-order chi connectivity index (χ1) is 16.4. The molecular weight excluding hydrogens is 560 g/mol. The minimum atomic E-state index is -4.01. The number of nitrogens with two attached hydrogens (primary N) is 1. The van der Waals surface area contributed by atoms with Crippen molar-refractivity contribution in [1.82, 2.24) is 0 Å². The number of carbonyl (C=O) groups excluding carboxylic acids is 2. The van der Waals surface area contributed by atoms with E-state index in [0.717, 1.165) is 16.6 Å². The summed E-state index contributed by atoms with van der Waals surface area (Å²) in [4.78, 5) is 23.6. The Balaban J connectivity index is 1.60. The van der Waals surface area contributed by atoms with E-state index in [1.165, 1.54) is 48.5 Å². The Kier molecular flexibility index (Phi) is 8.22. The van der Waals surface area contributed by atoms with Crippen LogP contribution in [0.25, 0.3) is 6.08 Å². The van der Waals surface area contributed by atoms with Gasteiger partial charge in [-0.2, -0.15) is 0 Å². The maximum absolute atomic E-state index is 12.6. The van der Waals surface area contributed by atoms with Gasteiger partial charge in [0.25, 0.3) is 10.0 Å². The van der Waals surface area contributed by atoms with Crippen LogP contribution in [0.2, 0.25) is 0 Å². The predicted octanol–water partition coefficient (Wildman–Crippen LogP) is 3.34. The number of Topliss-reactive ketones (excluding diaryl/α,β-unsaturated/α-hetero) is 1. The molecule has 0 spiro atoms. The van der Waals surface area contributed by atoms with Crippen LogP contribution in [0.1, 0.15) is 15.9 Å². The van der Waals surface area contributed by atoms with Gasteiger partial charge in [0, 0.05) is 16.1 Å². The van der Waals surface area contributed by atoms with E-state index in [2.05, 4.69) is 20.7 Å². The molecule has 0 unspecified atom stereocenters. The van der Waals surface area contributed by atoms with Crippen LogP contribution in [0.15, 0.2) is 93.1 Å². The van der Waals surface area contributed by atoms with Gasteiger partial charge in [0.15, 0.2) is 12.4 Å². The molecule has 182 valence electrons. The molecule has 0 aromatic heterocycles. The zero-order valence-electron chi connectivity index (χ0n) is 17.9. The molecule has 0 aliphatic heterocycles. The maximum Gasteiger partial charge on any atom is 0.331 e. The fourth-order valence-corrected chi connectivity index (χ4v) is 4.65. The monoisotopic (exact) mass is 578 g/mol. The summed E-state index contributed by atoms with van der Waals surface area (Å²) in [6.07, 6.45) is 2.53. The summed E-state index contributed by atoms with van der Waals surface area (Å²) in [5.41, 5.74) is 0.948. The molecule has 3 aromatic rings. The van der Waals surface area contributed by atoms with Gasteiger partial charge >= 0.3 is 5.97 Å². The number of carbonyl (C=O) groups is 2. The standard InChI is InChI=1S/C23H19BrN2O7S2/c24-18-9-7-17(8-10-18)22(27)15-33-23(28)13-6-16-4-11-20(12-5-16)35(31,32)26-19-2-1-3-21(14-19)34(25,29)30/h1-14,26H,15H2,(H2,25,29,30)/b13-6+. The lowest BCUT2D eigenvalue weighted by Crippen LogP contribution is -2.15. The number of esters is 1. The zero-order valence-corrected chi connectivity index (χ0v) is 21.1. The third-order valence-corrected chi connectivity index (χ3v) is 7.37. The summed E-state index contributed by atoms with van der Waals surface area (Å²) < 4.78 is 56.2. The molecule has 3 aromatic carbocycles.